The lowest BCUT2D eigenvalue weighted by atomic mass is 10.0. The number of carbonyl (C=O) groups excluding carboxylic acids is 2. The molecule has 32 heavy (non-hydrogen) atoms. The fraction of sp³-hybridized carbons (Fsp3) is 0.375. The van der Waals surface area contributed by atoms with Crippen molar-refractivity contribution in [1.29, 1.82) is 0 Å². The standard InChI is InChI=1S/C24H27N5O3/c30-22(25-18-6-1-3-8-20(18)28-13-5-10-23(28)31)16-27-14-11-17(12-15-27)29-21-9-4-2-7-19(21)26-24(29)32/h1-4,6-9,17H,5,10-16H2,(H,25,30)(H,26,32). The Morgan fingerprint density at radius 1 is 1.00 bits per heavy atom. The van der Waals surface area contributed by atoms with E-state index in [9.17, 15) is 14.4 Å². The number of benzene rings is 2. The molecule has 3 heterocycles. The normalized spacial score (nSPS) is 17.9. The lowest BCUT2D eigenvalue weighted by molar-refractivity contribution is -0.118. The van der Waals surface area contributed by atoms with E-state index in [-0.39, 0.29) is 30.1 Å². The van der Waals surface area contributed by atoms with Crippen molar-refractivity contribution in [2.45, 2.75) is 31.7 Å². The van der Waals surface area contributed by atoms with Crippen LogP contribution in [0.1, 0.15) is 31.7 Å². The molecule has 0 aliphatic carbocycles. The number of hydrogen-bond acceptors (Lipinski definition) is 4. The Hall–Kier alpha value is -3.39. The number of carbonyl (C=O) groups is 2. The Bertz CT molecular complexity index is 1210. The van der Waals surface area contributed by atoms with Crippen molar-refractivity contribution >= 4 is 34.2 Å². The molecule has 2 amide bonds. The number of hydrogen-bond donors (Lipinski definition) is 2. The third-order valence-corrected chi connectivity index (χ3v) is 6.46. The Balaban J connectivity index is 1.21. The Morgan fingerprint density at radius 3 is 2.53 bits per heavy atom. The summed E-state index contributed by atoms with van der Waals surface area (Å²) in [6.45, 7) is 2.47. The summed E-state index contributed by atoms with van der Waals surface area (Å²) in [6, 6.07) is 15.3. The molecule has 3 aromatic rings. The van der Waals surface area contributed by atoms with E-state index in [1.165, 1.54) is 0 Å². The molecule has 5 rings (SSSR count). The van der Waals surface area contributed by atoms with Crippen LogP contribution in [0.25, 0.3) is 11.0 Å². The van der Waals surface area contributed by atoms with Gasteiger partial charge in [0, 0.05) is 32.1 Å². The number of rotatable bonds is 5. The maximum atomic E-state index is 12.8. The molecule has 2 aliphatic heterocycles. The molecule has 0 atom stereocenters. The van der Waals surface area contributed by atoms with Gasteiger partial charge < -0.3 is 15.2 Å². The molecular formula is C24H27N5O3. The van der Waals surface area contributed by atoms with Gasteiger partial charge in [-0.1, -0.05) is 24.3 Å². The molecule has 2 aliphatic rings. The number of H-pyrrole nitrogens is 1. The Labute approximate surface area is 185 Å². The third-order valence-electron chi connectivity index (χ3n) is 6.46. The van der Waals surface area contributed by atoms with Crippen LogP contribution in [0.2, 0.25) is 0 Å². The molecule has 1 aromatic heterocycles. The zero-order valence-electron chi connectivity index (χ0n) is 17.9. The molecule has 2 aromatic carbocycles. The van der Waals surface area contributed by atoms with Crippen molar-refractivity contribution in [2.24, 2.45) is 0 Å². The summed E-state index contributed by atoms with van der Waals surface area (Å²) >= 11 is 0. The Morgan fingerprint density at radius 2 is 1.75 bits per heavy atom. The van der Waals surface area contributed by atoms with Crippen molar-refractivity contribution < 1.29 is 9.59 Å². The summed E-state index contributed by atoms with van der Waals surface area (Å²) in [5.74, 6) is 0.00750. The largest absolute Gasteiger partial charge is 0.326 e. The number of fused-ring (bicyclic) bond motifs is 1. The second-order valence-electron chi connectivity index (χ2n) is 8.54. The first-order chi connectivity index (χ1) is 15.6. The SMILES string of the molecule is O=C(CN1CCC(n2c(=O)[nH]c3ccccc32)CC1)Nc1ccccc1N1CCCC1=O. The predicted molar refractivity (Wildman–Crippen MR) is 124 cm³/mol. The molecule has 0 bridgehead atoms. The maximum absolute atomic E-state index is 12.8. The van der Waals surface area contributed by atoms with Crippen LogP contribution in [-0.4, -0.2) is 52.4 Å². The van der Waals surface area contributed by atoms with Crippen molar-refractivity contribution in [3.63, 3.8) is 0 Å². The number of nitrogens with zero attached hydrogens (tertiary/aromatic N) is 3. The average molecular weight is 434 g/mol. The number of amides is 2. The highest BCUT2D eigenvalue weighted by Gasteiger charge is 2.26. The third kappa shape index (κ3) is 3.93. The molecule has 8 heteroatoms. The summed E-state index contributed by atoms with van der Waals surface area (Å²) in [5, 5.41) is 2.99. The van der Waals surface area contributed by atoms with Crippen LogP contribution in [0.15, 0.2) is 53.3 Å². The van der Waals surface area contributed by atoms with Crippen LogP contribution in [0.3, 0.4) is 0 Å². The number of likely N-dealkylation sites (tertiary alicyclic amines) is 1. The fourth-order valence-corrected chi connectivity index (χ4v) is 4.88. The average Bonchev–Trinajstić information content (AvgIpc) is 3.37. The molecule has 2 saturated heterocycles. The molecule has 0 spiro atoms. The van der Waals surface area contributed by atoms with Gasteiger partial charge in [-0.2, -0.15) is 0 Å². The number of piperidine rings is 1. The monoisotopic (exact) mass is 433 g/mol. The molecular weight excluding hydrogens is 406 g/mol. The van der Waals surface area contributed by atoms with E-state index < -0.39 is 0 Å². The van der Waals surface area contributed by atoms with Gasteiger partial charge in [0.05, 0.1) is 29.0 Å². The van der Waals surface area contributed by atoms with Crippen LogP contribution in [0.5, 0.6) is 0 Å². The summed E-state index contributed by atoms with van der Waals surface area (Å²) in [7, 11) is 0. The van der Waals surface area contributed by atoms with Crippen molar-refractivity contribution in [2.75, 3.05) is 36.4 Å². The fourth-order valence-electron chi connectivity index (χ4n) is 4.88. The number of imidazole rings is 1. The van der Waals surface area contributed by atoms with Crippen LogP contribution in [0.4, 0.5) is 11.4 Å². The minimum absolute atomic E-state index is 0.0736. The van der Waals surface area contributed by atoms with E-state index in [1.54, 1.807) is 4.90 Å². The first kappa shape index (κ1) is 20.5. The van der Waals surface area contributed by atoms with Gasteiger partial charge in [0.25, 0.3) is 0 Å². The van der Waals surface area contributed by atoms with Gasteiger partial charge in [-0.25, -0.2) is 4.79 Å². The Kier molecular flexibility index (Phi) is 5.53. The number of aromatic amines is 1. The maximum Gasteiger partial charge on any atom is 0.326 e. The zero-order chi connectivity index (χ0) is 22.1. The van der Waals surface area contributed by atoms with Crippen LogP contribution in [-0.2, 0) is 9.59 Å². The van der Waals surface area contributed by atoms with Crippen molar-refractivity contribution in [3.8, 4) is 0 Å². The summed E-state index contributed by atoms with van der Waals surface area (Å²) in [5.41, 5.74) is 3.15. The highest BCUT2D eigenvalue weighted by Crippen LogP contribution is 2.29. The quantitative estimate of drug-likeness (QED) is 0.647. The van der Waals surface area contributed by atoms with Gasteiger partial charge in [0.2, 0.25) is 11.8 Å². The molecule has 0 unspecified atom stereocenters. The molecule has 166 valence electrons. The number of aromatic nitrogens is 2. The topological polar surface area (TPSA) is 90.4 Å². The van der Waals surface area contributed by atoms with E-state index in [4.69, 9.17) is 0 Å². The smallest absolute Gasteiger partial charge is 0.323 e. The second kappa shape index (κ2) is 8.63. The van der Waals surface area contributed by atoms with E-state index in [0.29, 0.717) is 18.7 Å². The lowest BCUT2D eigenvalue weighted by Gasteiger charge is -2.32. The molecule has 0 radical (unpaired) electrons. The van der Waals surface area contributed by atoms with Gasteiger partial charge in [-0.05, 0) is 43.5 Å². The molecule has 0 saturated carbocycles. The molecule has 8 nitrogen and oxygen atoms in total. The first-order valence-electron chi connectivity index (χ1n) is 11.2. The van der Waals surface area contributed by atoms with Gasteiger partial charge in [-0.3, -0.25) is 19.1 Å². The summed E-state index contributed by atoms with van der Waals surface area (Å²) < 4.78 is 1.86. The highest BCUT2D eigenvalue weighted by molar-refractivity contribution is 6.02. The summed E-state index contributed by atoms with van der Waals surface area (Å²) in [6.07, 6.45) is 3.02. The van der Waals surface area contributed by atoms with E-state index >= 15 is 0 Å². The first-order valence-corrected chi connectivity index (χ1v) is 11.2. The van der Waals surface area contributed by atoms with E-state index in [2.05, 4.69) is 15.2 Å². The second-order valence-corrected chi connectivity index (χ2v) is 8.54. The summed E-state index contributed by atoms with van der Waals surface area (Å²) in [4.78, 5) is 44.2. The van der Waals surface area contributed by atoms with Crippen molar-refractivity contribution in [1.82, 2.24) is 14.5 Å². The van der Waals surface area contributed by atoms with Crippen LogP contribution >= 0.6 is 0 Å². The number of para-hydroxylation sites is 4. The molecule has 2 N–H and O–H groups in total. The van der Waals surface area contributed by atoms with Crippen LogP contribution in [0, 0.1) is 0 Å². The van der Waals surface area contributed by atoms with Crippen molar-refractivity contribution in [3.05, 3.63) is 59.0 Å². The van der Waals surface area contributed by atoms with Gasteiger partial charge >= 0.3 is 5.69 Å². The van der Waals surface area contributed by atoms with Gasteiger partial charge in [0.15, 0.2) is 0 Å². The molecule has 2 fully saturated rings. The van der Waals surface area contributed by atoms with Crippen LogP contribution < -0.4 is 15.9 Å². The number of anilines is 2. The van der Waals surface area contributed by atoms with Gasteiger partial charge in [0.1, 0.15) is 0 Å². The predicted octanol–water partition coefficient (Wildman–Crippen LogP) is 2.73. The zero-order valence-corrected chi connectivity index (χ0v) is 17.9. The number of nitrogens with one attached hydrogen (secondary N) is 2. The minimum atomic E-state index is -0.0909. The van der Waals surface area contributed by atoms with E-state index in [1.807, 2.05) is 53.1 Å². The lowest BCUT2D eigenvalue weighted by Crippen LogP contribution is -2.41. The van der Waals surface area contributed by atoms with E-state index in [0.717, 1.165) is 49.1 Å². The highest BCUT2D eigenvalue weighted by atomic mass is 16.2. The van der Waals surface area contributed by atoms with Gasteiger partial charge in [-0.15, -0.1) is 0 Å². The minimum Gasteiger partial charge on any atom is -0.323 e.